The molecule has 0 fully saturated rings. The third kappa shape index (κ3) is 4.31. The van der Waals surface area contributed by atoms with Gasteiger partial charge in [-0.15, -0.1) is 0 Å². The Kier molecular flexibility index (Phi) is 6.02. The van der Waals surface area contributed by atoms with E-state index < -0.39 is 0 Å². The van der Waals surface area contributed by atoms with E-state index in [0.29, 0.717) is 0 Å². The number of allylic oxidation sites excluding steroid dienone is 4. The zero-order chi connectivity index (χ0) is 29.7. The van der Waals surface area contributed by atoms with Crippen LogP contribution in [0.15, 0.2) is 162 Å². The zero-order valence-corrected chi connectivity index (χ0v) is 24.8. The van der Waals surface area contributed by atoms with Crippen LogP contribution in [0.4, 0.5) is 0 Å². The summed E-state index contributed by atoms with van der Waals surface area (Å²) in [5, 5.41) is 7.40. The van der Waals surface area contributed by atoms with Crippen LogP contribution in [-0.2, 0) is 0 Å². The molecular weight excluding hydrogens is 544 g/mol. The van der Waals surface area contributed by atoms with Gasteiger partial charge in [-0.25, -0.2) is 0 Å². The highest BCUT2D eigenvalue weighted by atomic mass is 16.3. The van der Waals surface area contributed by atoms with Crippen molar-refractivity contribution < 1.29 is 4.42 Å². The van der Waals surface area contributed by atoms with E-state index in [0.717, 1.165) is 34.8 Å². The van der Waals surface area contributed by atoms with Crippen LogP contribution in [-0.4, -0.2) is 0 Å². The van der Waals surface area contributed by atoms with Gasteiger partial charge in [0.2, 0.25) is 0 Å². The fourth-order valence-electron chi connectivity index (χ4n) is 7.17. The summed E-state index contributed by atoms with van der Waals surface area (Å²) >= 11 is 0. The number of benzene rings is 7. The summed E-state index contributed by atoms with van der Waals surface area (Å²) in [7, 11) is 0. The monoisotopic (exact) mass is 574 g/mol. The van der Waals surface area contributed by atoms with E-state index in [1.54, 1.807) is 0 Å². The van der Waals surface area contributed by atoms with Crippen LogP contribution in [0.1, 0.15) is 18.4 Å². The van der Waals surface area contributed by atoms with E-state index in [4.69, 9.17) is 4.42 Å². The molecule has 9 rings (SSSR count). The minimum atomic E-state index is 0.923. The van der Waals surface area contributed by atoms with E-state index in [1.165, 1.54) is 66.1 Å². The highest BCUT2D eigenvalue weighted by Gasteiger charge is 2.17. The summed E-state index contributed by atoms with van der Waals surface area (Å²) in [4.78, 5) is 0. The summed E-state index contributed by atoms with van der Waals surface area (Å²) in [5.41, 5.74) is 11.9. The summed E-state index contributed by atoms with van der Waals surface area (Å²) in [6.07, 6.45) is 9.13. The van der Waals surface area contributed by atoms with Crippen molar-refractivity contribution in [3.63, 3.8) is 0 Å². The van der Waals surface area contributed by atoms with Crippen molar-refractivity contribution in [1.29, 1.82) is 0 Å². The van der Waals surface area contributed by atoms with Crippen LogP contribution >= 0.6 is 0 Å². The molecule has 1 aliphatic rings. The first kappa shape index (κ1) is 25.8. The molecule has 1 nitrogen and oxygen atoms in total. The van der Waals surface area contributed by atoms with E-state index in [1.807, 2.05) is 12.1 Å². The smallest absolute Gasteiger partial charge is 0.135 e. The number of rotatable bonds is 4. The van der Waals surface area contributed by atoms with Gasteiger partial charge in [-0.3, -0.25) is 0 Å². The van der Waals surface area contributed by atoms with E-state index >= 15 is 0 Å². The lowest BCUT2D eigenvalue weighted by Crippen LogP contribution is -1.92. The Balaban J connectivity index is 1.20. The molecule has 0 amide bonds. The number of furan rings is 1. The van der Waals surface area contributed by atoms with Gasteiger partial charge in [0.25, 0.3) is 0 Å². The van der Waals surface area contributed by atoms with Crippen molar-refractivity contribution in [3.05, 3.63) is 163 Å². The SMILES string of the molecule is C1=CC(c2cccc(-c3c4ccccc4c(-c4ccc(-c5ccc6oc7ccccc7c6c5)cc4)c4ccccc34)c2)=CCC1. The molecule has 0 saturated carbocycles. The lowest BCUT2D eigenvalue weighted by atomic mass is 9.85. The Morgan fingerprint density at radius 2 is 0.956 bits per heavy atom. The van der Waals surface area contributed by atoms with Crippen molar-refractivity contribution in [2.24, 2.45) is 0 Å². The molecule has 8 aromatic rings. The van der Waals surface area contributed by atoms with Crippen LogP contribution in [0, 0.1) is 0 Å². The molecular formula is C44H30O. The molecule has 212 valence electrons. The van der Waals surface area contributed by atoms with Gasteiger partial charge in [-0.05, 0) is 103 Å². The maximum absolute atomic E-state index is 6.08. The van der Waals surface area contributed by atoms with Gasteiger partial charge in [0, 0.05) is 10.8 Å². The summed E-state index contributed by atoms with van der Waals surface area (Å²) in [6.45, 7) is 0. The molecule has 0 unspecified atom stereocenters. The molecule has 0 N–H and O–H groups in total. The van der Waals surface area contributed by atoms with Crippen molar-refractivity contribution in [1.82, 2.24) is 0 Å². The van der Waals surface area contributed by atoms with Gasteiger partial charge >= 0.3 is 0 Å². The molecule has 45 heavy (non-hydrogen) atoms. The second kappa shape index (κ2) is 10.5. The Bertz CT molecular complexity index is 2410. The Morgan fingerprint density at radius 1 is 0.378 bits per heavy atom. The maximum atomic E-state index is 6.08. The third-order valence-corrected chi connectivity index (χ3v) is 9.29. The van der Waals surface area contributed by atoms with E-state index in [2.05, 4.69) is 146 Å². The highest BCUT2D eigenvalue weighted by molar-refractivity contribution is 6.21. The van der Waals surface area contributed by atoms with Crippen molar-refractivity contribution in [2.75, 3.05) is 0 Å². The molecule has 0 bridgehead atoms. The normalized spacial score (nSPS) is 13.2. The van der Waals surface area contributed by atoms with Crippen molar-refractivity contribution in [2.45, 2.75) is 12.8 Å². The van der Waals surface area contributed by atoms with Crippen LogP contribution < -0.4 is 0 Å². The highest BCUT2D eigenvalue weighted by Crippen LogP contribution is 2.44. The molecule has 0 saturated heterocycles. The predicted octanol–water partition coefficient (Wildman–Crippen LogP) is 12.6. The fraction of sp³-hybridized carbons (Fsp3) is 0.0455. The van der Waals surface area contributed by atoms with Crippen LogP contribution in [0.5, 0.6) is 0 Å². The molecule has 0 atom stereocenters. The number of fused-ring (bicyclic) bond motifs is 5. The van der Waals surface area contributed by atoms with Gasteiger partial charge in [0.1, 0.15) is 11.2 Å². The topological polar surface area (TPSA) is 13.1 Å². The zero-order valence-electron chi connectivity index (χ0n) is 24.8. The molecule has 1 heteroatoms. The first-order valence-corrected chi connectivity index (χ1v) is 15.7. The average molecular weight is 575 g/mol. The minimum Gasteiger partial charge on any atom is -0.456 e. The molecule has 1 heterocycles. The number of hydrogen-bond acceptors (Lipinski definition) is 1. The molecule has 0 aliphatic heterocycles. The molecule has 0 radical (unpaired) electrons. The van der Waals surface area contributed by atoms with Gasteiger partial charge < -0.3 is 4.42 Å². The summed E-state index contributed by atoms with van der Waals surface area (Å²) in [6, 6.07) is 50.7. The number of para-hydroxylation sites is 1. The second-order valence-electron chi connectivity index (χ2n) is 11.9. The minimum absolute atomic E-state index is 0.923. The average Bonchev–Trinajstić information content (AvgIpc) is 3.49. The molecule has 1 aliphatic carbocycles. The van der Waals surface area contributed by atoms with Gasteiger partial charge in [-0.1, -0.05) is 133 Å². The Labute approximate surface area is 262 Å². The lowest BCUT2D eigenvalue weighted by molar-refractivity contribution is 0.669. The predicted molar refractivity (Wildman–Crippen MR) is 191 cm³/mol. The van der Waals surface area contributed by atoms with Gasteiger partial charge in [-0.2, -0.15) is 0 Å². The van der Waals surface area contributed by atoms with Gasteiger partial charge in [0.15, 0.2) is 0 Å². The van der Waals surface area contributed by atoms with Crippen LogP contribution in [0.3, 0.4) is 0 Å². The van der Waals surface area contributed by atoms with Crippen LogP contribution in [0.2, 0.25) is 0 Å². The van der Waals surface area contributed by atoms with E-state index in [-0.39, 0.29) is 0 Å². The largest absolute Gasteiger partial charge is 0.456 e. The lowest BCUT2D eigenvalue weighted by Gasteiger charge is -2.18. The second-order valence-corrected chi connectivity index (χ2v) is 11.9. The number of hydrogen-bond donors (Lipinski definition) is 0. The first-order valence-electron chi connectivity index (χ1n) is 15.7. The standard InChI is InChI=1S/C44H30O/c1-2-11-29(12-3-1)32-13-10-14-34(27-32)44-38-18-6-4-16-36(38)43(37-17-5-7-19-39(37)44)31-23-21-30(22-24-31)33-25-26-42-40(28-33)35-15-8-9-20-41(35)45-42/h2,4-28H,1,3H2. The van der Waals surface area contributed by atoms with Crippen LogP contribution in [0.25, 0.3) is 82.4 Å². The quantitative estimate of drug-likeness (QED) is 0.191. The Hall–Kier alpha value is -5.66. The van der Waals surface area contributed by atoms with Gasteiger partial charge in [0.05, 0.1) is 0 Å². The van der Waals surface area contributed by atoms with E-state index in [9.17, 15) is 0 Å². The molecule has 1 aromatic heterocycles. The maximum Gasteiger partial charge on any atom is 0.135 e. The first-order chi connectivity index (χ1) is 22.3. The fourth-order valence-corrected chi connectivity index (χ4v) is 7.17. The molecule has 7 aromatic carbocycles. The molecule has 0 spiro atoms. The Morgan fingerprint density at radius 3 is 1.64 bits per heavy atom. The summed E-state index contributed by atoms with van der Waals surface area (Å²) in [5.74, 6) is 0. The van der Waals surface area contributed by atoms with Crippen molar-refractivity contribution in [3.8, 4) is 33.4 Å². The third-order valence-electron chi connectivity index (χ3n) is 9.29. The van der Waals surface area contributed by atoms with Crippen molar-refractivity contribution >= 4 is 49.1 Å². The summed E-state index contributed by atoms with van der Waals surface area (Å²) < 4.78 is 6.08.